The third-order valence-electron chi connectivity index (χ3n) is 4.23. The first-order valence-corrected chi connectivity index (χ1v) is 8.76. The Morgan fingerprint density at radius 3 is 2.34 bits per heavy atom. The van der Waals surface area contributed by atoms with Crippen molar-refractivity contribution < 1.29 is 27.2 Å². The van der Waals surface area contributed by atoms with Crippen molar-refractivity contribution in [1.29, 1.82) is 0 Å². The summed E-state index contributed by atoms with van der Waals surface area (Å²) in [4.78, 5) is 25.8. The molecule has 5 nitrogen and oxygen atoms in total. The van der Waals surface area contributed by atoms with Crippen LogP contribution in [0.5, 0.6) is 0 Å². The number of alkyl halides is 3. The summed E-state index contributed by atoms with van der Waals surface area (Å²) < 4.78 is 49.7. The molecule has 0 fully saturated rings. The standard InChI is InChI=1S/C20H21F4N3O2/c1-13(18(28)26-17-5-3-4-16(21)10-17)27(2)11-14-6-8-15(9-7-14)19(29)25-12-20(22,23)24/h3-10,13H,11-12H2,1-2H3,(H,25,29)(H,26,28). The summed E-state index contributed by atoms with van der Waals surface area (Å²) in [6, 6.07) is 11.1. The van der Waals surface area contributed by atoms with E-state index in [1.165, 1.54) is 30.3 Å². The molecule has 2 rings (SSSR count). The van der Waals surface area contributed by atoms with E-state index in [4.69, 9.17) is 0 Å². The fourth-order valence-corrected chi connectivity index (χ4v) is 2.48. The first-order chi connectivity index (χ1) is 13.5. The minimum absolute atomic E-state index is 0.109. The quantitative estimate of drug-likeness (QED) is 0.685. The van der Waals surface area contributed by atoms with Gasteiger partial charge < -0.3 is 10.6 Å². The maximum atomic E-state index is 13.2. The molecule has 2 N–H and O–H groups in total. The number of rotatable bonds is 7. The summed E-state index contributed by atoms with van der Waals surface area (Å²) in [6.45, 7) is 0.657. The van der Waals surface area contributed by atoms with Gasteiger partial charge in [-0.25, -0.2) is 4.39 Å². The molecule has 1 atom stereocenters. The van der Waals surface area contributed by atoms with Gasteiger partial charge >= 0.3 is 6.18 Å². The number of hydrogen-bond donors (Lipinski definition) is 2. The van der Waals surface area contributed by atoms with Crippen LogP contribution in [0, 0.1) is 5.82 Å². The molecule has 2 aromatic carbocycles. The van der Waals surface area contributed by atoms with Gasteiger partial charge in [0.2, 0.25) is 5.91 Å². The van der Waals surface area contributed by atoms with Gasteiger partial charge in [0.25, 0.3) is 5.91 Å². The highest BCUT2D eigenvalue weighted by Gasteiger charge is 2.27. The molecule has 0 spiro atoms. The molecule has 0 saturated heterocycles. The van der Waals surface area contributed by atoms with Crippen LogP contribution in [0.3, 0.4) is 0 Å². The molecule has 9 heteroatoms. The Morgan fingerprint density at radius 1 is 1.10 bits per heavy atom. The zero-order chi connectivity index (χ0) is 21.6. The van der Waals surface area contributed by atoms with Crippen molar-refractivity contribution in [2.45, 2.75) is 25.7 Å². The van der Waals surface area contributed by atoms with Gasteiger partial charge in [0, 0.05) is 17.8 Å². The molecule has 0 saturated carbocycles. The molecule has 2 aromatic rings. The Balaban J connectivity index is 1.91. The van der Waals surface area contributed by atoms with Crippen LogP contribution in [0.25, 0.3) is 0 Å². The van der Waals surface area contributed by atoms with E-state index >= 15 is 0 Å². The van der Waals surface area contributed by atoms with Crippen LogP contribution in [0.2, 0.25) is 0 Å². The molecule has 0 bridgehead atoms. The summed E-state index contributed by atoms with van der Waals surface area (Å²) in [7, 11) is 1.72. The smallest absolute Gasteiger partial charge is 0.343 e. The maximum Gasteiger partial charge on any atom is 0.405 e. The van der Waals surface area contributed by atoms with Crippen molar-refractivity contribution in [1.82, 2.24) is 10.2 Å². The van der Waals surface area contributed by atoms with Gasteiger partial charge in [-0.3, -0.25) is 14.5 Å². The highest BCUT2D eigenvalue weighted by molar-refractivity contribution is 5.95. The molecule has 29 heavy (non-hydrogen) atoms. The Hall–Kier alpha value is -2.94. The van der Waals surface area contributed by atoms with Gasteiger partial charge in [-0.2, -0.15) is 13.2 Å². The second-order valence-corrected chi connectivity index (χ2v) is 6.59. The average Bonchev–Trinajstić information content (AvgIpc) is 2.65. The van der Waals surface area contributed by atoms with Crippen LogP contribution in [-0.4, -0.2) is 42.5 Å². The summed E-state index contributed by atoms with van der Waals surface area (Å²) in [5.74, 6) is -1.59. The molecule has 0 aromatic heterocycles. The normalized spacial score (nSPS) is 12.5. The molecule has 0 aliphatic rings. The third-order valence-corrected chi connectivity index (χ3v) is 4.23. The van der Waals surface area contributed by atoms with Gasteiger partial charge in [0.1, 0.15) is 12.4 Å². The van der Waals surface area contributed by atoms with Gasteiger partial charge in [-0.15, -0.1) is 0 Å². The molecule has 156 valence electrons. The molecular weight excluding hydrogens is 390 g/mol. The predicted octanol–water partition coefficient (Wildman–Crippen LogP) is 3.58. The molecule has 0 aliphatic heterocycles. The van der Waals surface area contributed by atoms with Crippen LogP contribution in [0.15, 0.2) is 48.5 Å². The lowest BCUT2D eigenvalue weighted by atomic mass is 10.1. The van der Waals surface area contributed by atoms with Crippen LogP contribution in [0.4, 0.5) is 23.2 Å². The van der Waals surface area contributed by atoms with Crippen LogP contribution in [0.1, 0.15) is 22.8 Å². The molecular formula is C20H21F4N3O2. The Labute approximate surface area is 165 Å². The first-order valence-electron chi connectivity index (χ1n) is 8.76. The van der Waals surface area contributed by atoms with Crippen molar-refractivity contribution in [3.05, 3.63) is 65.5 Å². The molecule has 2 amide bonds. The average molecular weight is 411 g/mol. The number of carbonyl (C=O) groups excluding carboxylic acids is 2. The van der Waals surface area contributed by atoms with Crippen molar-refractivity contribution in [2.24, 2.45) is 0 Å². The van der Waals surface area contributed by atoms with Crippen LogP contribution >= 0.6 is 0 Å². The van der Waals surface area contributed by atoms with Crippen molar-refractivity contribution in [3.8, 4) is 0 Å². The number of amides is 2. The largest absolute Gasteiger partial charge is 0.405 e. The second kappa shape index (κ2) is 9.51. The number of nitrogens with one attached hydrogen (secondary N) is 2. The number of anilines is 1. The minimum Gasteiger partial charge on any atom is -0.343 e. The minimum atomic E-state index is -4.47. The first kappa shape index (κ1) is 22.4. The van der Waals surface area contributed by atoms with E-state index in [0.29, 0.717) is 12.2 Å². The number of nitrogens with zero attached hydrogens (tertiary/aromatic N) is 1. The van der Waals surface area contributed by atoms with E-state index in [1.807, 2.05) is 0 Å². The van der Waals surface area contributed by atoms with Crippen molar-refractivity contribution in [3.63, 3.8) is 0 Å². The highest BCUT2D eigenvalue weighted by Crippen LogP contribution is 2.14. The van der Waals surface area contributed by atoms with E-state index < -0.39 is 30.5 Å². The SMILES string of the molecule is CC(C(=O)Nc1cccc(F)c1)N(C)Cc1ccc(C(=O)NCC(F)(F)F)cc1. The summed E-state index contributed by atoms with van der Waals surface area (Å²) >= 11 is 0. The number of hydrogen-bond acceptors (Lipinski definition) is 3. The summed E-state index contributed by atoms with van der Waals surface area (Å²) in [6.07, 6.45) is -4.47. The second-order valence-electron chi connectivity index (χ2n) is 6.59. The van der Waals surface area contributed by atoms with Gasteiger partial charge in [-0.1, -0.05) is 18.2 Å². The van der Waals surface area contributed by atoms with Crippen molar-refractivity contribution >= 4 is 17.5 Å². The molecule has 0 aliphatic carbocycles. The predicted molar refractivity (Wildman–Crippen MR) is 101 cm³/mol. The molecule has 0 radical (unpaired) electrons. The molecule has 1 unspecified atom stereocenters. The number of carbonyl (C=O) groups is 2. The van der Waals surface area contributed by atoms with E-state index in [9.17, 15) is 27.2 Å². The topological polar surface area (TPSA) is 61.4 Å². The van der Waals surface area contributed by atoms with Crippen LogP contribution in [-0.2, 0) is 11.3 Å². The zero-order valence-electron chi connectivity index (χ0n) is 15.9. The van der Waals surface area contributed by atoms with E-state index in [0.717, 1.165) is 5.56 Å². The molecule has 0 heterocycles. The van der Waals surface area contributed by atoms with E-state index in [2.05, 4.69) is 5.32 Å². The van der Waals surface area contributed by atoms with E-state index in [-0.39, 0.29) is 11.5 Å². The highest BCUT2D eigenvalue weighted by atomic mass is 19.4. The lowest BCUT2D eigenvalue weighted by Crippen LogP contribution is -2.39. The van der Waals surface area contributed by atoms with Gasteiger partial charge in [-0.05, 0) is 49.9 Å². The number of benzene rings is 2. The van der Waals surface area contributed by atoms with E-state index in [1.54, 1.807) is 42.4 Å². The van der Waals surface area contributed by atoms with Gasteiger partial charge in [0.05, 0.1) is 6.04 Å². The fraction of sp³-hybridized carbons (Fsp3) is 0.300. The van der Waals surface area contributed by atoms with Crippen LogP contribution < -0.4 is 10.6 Å². The summed E-state index contributed by atoms with van der Waals surface area (Å²) in [5, 5.41) is 4.44. The maximum absolute atomic E-state index is 13.2. The summed E-state index contributed by atoms with van der Waals surface area (Å²) in [5.41, 5.74) is 1.23. The Kier molecular flexibility index (Phi) is 7.33. The lowest BCUT2D eigenvalue weighted by Gasteiger charge is -2.24. The van der Waals surface area contributed by atoms with Gasteiger partial charge in [0.15, 0.2) is 0 Å². The number of likely N-dealkylation sites (N-methyl/N-ethyl adjacent to an activating group) is 1. The van der Waals surface area contributed by atoms with Crippen molar-refractivity contribution in [2.75, 3.05) is 18.9 Å². The third kappa shape index (κ3) is 7.19. The number of halogens is 4. The zero-order valence-corrected chi connectivity index (χ0v) is 15.9. The fourth-order valence-electron chi connectivity index (χ4n) is 2.48. The monoisotopic (exact) mass is 411 g/mol. The lowest BCUT2D eigenvalue weighted by molar-refractivity contribution is -0.123. The Bertz CT molecular complexity index is 854. The Morgan fingerprint density at radius 2 is 1.76 bits per heavy atom.